The summed E-state index contributed by atoms with van der Waals surface area (Å²) in [5.74, 6) is -1.42. The zero-order chi connectivity index (χ0) is 20.7. The van der Waals surface area contributed by atoms with Crippen LogP contribution < -0.4 is 10.1 Å². The first kappa shape index (κ1) is 21.3. The molecule has 28 heavy (non-hydrogen) atoms. The number of methoxy groups -OCH3 is 1. The van der Waals surface area contributed by atoms with E-state index in [9.17, 15) is 14.7 Å². The van der Waals surface area contributed by atoms with E-state index in [1.54, 1.807) is 43.3 Å². The lowest BCUT2D eigenvalue weighted by Crippen LogP contribution is -2.21. The molecule has 2 rings (SSSR count). The highest BCUT2D eigenvalue weighted by atomic mass is 79.9. The van der Waals surface area contributed by atoms with Crippen LogP contribution in [0.5, 0.6) is 11.5 Å². The molecule has 0 aromatic heterocycles. The molecule has 0 heterocycles. The summed E-state index contributed by atoms with van der Waals surface area (Å²) in [4.78, 5) is 23.2. The van der Waals surface area contributed by atoms with Crippen molar-refractivity contribution in [1.29, 1.82) is 0 Å². The number of benzene rings is 2. The number of nitrogens with one attached hydrogen (secondary N) is 1. The Bertz CT molecular complexity index is 865. The van der Waals surface area contributed by atoms with Crippen molar-refractivity contribution < 1.29 is 29.3 Å². The number of rotatable bonds is 7. The Balaban J connectivity index is 2.24. The second kappa shape index (κ2) is 9.80. The molecule has 0 saturated heterocycles. The predicted molar refractivity (Wildman–Crippen MR) is 108 cm³/mol. The Morgan fingerprint density at radius 2 is 1.86 bits per heavy atom. The maximum absolute atomic E-state index is 12.4. The third-order valence-corrected chi connectivity index (χ3v) is 4.40. The summed E-state index contributed by atoms with van der Waals surface area (Å²) in [5.41, 5.74) is 1.03. The number of hydrogen-bond acceptors (Lipinski definition) is 5. The standard InChI is InChI=1S/C20H20BrNO6/c1-12(3-10-18(24)25)19(13-4-9-17(27-2)16(23)11-13)28-20(26)22-15-7-5-14(21)6-8-15/h3-12,19,23H,1-2H3,(H,22,26)(H,24,25)/b10-3+/t12-,19+/m0/s1. The number of ether oxygens (including phenoxy) is 2. The van der Waals surface area contributed by atoms with Gasteiger partial charge in [-0.05, 0) is 42.0 Å². The molecule has 0 radical (unpaired) electrons. The van der Waals surface area contributed by atoms with Crippen LogP contribution in [-0.2, 0) is 9.53 Å². The van der Waals surface area contributed by atoms with Gasteiger partial charge in [-0.15, -0.1) is 0 Å². The van der Waals surface area contributed by atoms with Crippen LogP contribution in [0.25, 0.3) is 0 Å². The number of phenols is 1. The number of hydrogen-bond donors (Lipinski definition) is 3. The van der Waals surface area contributed by atoms with Gasteiger partial charge in [-0.2, -0.15) is 0 Å². The highest BCUT2D eigenvalue weighted by Crippen LogP contribution is 2.34. The molecule has 2 aromatic carbocycles. The van der Waals surface area contributed by atoms with E-state index in [0.29, 0.717) is 11.3 Å². The van der Waals surface area contributed by atoms with Gasteiger partial charge in [0, 0.05) is 22.2 Å². The highest BCUT2D eigenvalue weighted by Gasteiger charge is 2.23. The van der Waals surface area contributed by atoms with Gasteiger partial charge in [0.25, 0.3) is 0 Å². The fraction of sp³-hybridized carbons (Fsp3) is 0.200. The Morgan fingerprint density at radius 3 is 2.43 bits per heavy atom. The van der Waals surface area contributed by atoms with Gasteiger partial charge in [0.15, 0.2) is 11.5 Å². The van der Waals surface area contributed by atoms with Crippen LogP contribution in [0.2, 0.25) is 0 Å². The Hall–Kier alpha value is -3.00. The van der Waals surface area contributed by atoms with Gasteiger partial charge in [0.05, 0.1) is 7.11 Å². The fourth-order valence-corrected chi connectivity index (χ4v) is 2.76. The third-order valence-electron chi connectivity index (χ3n) is 3.88. The summed E-state index contributed by atoms with van der Waals surface area (Å²) in [5, 5.41) is 21.5. The molecule has 0 bridgehead atoms. The quantitative estimate of drug-likeness (QED) is 0.527. The third kappa shape index (κ3) is 6.02. The first-order valence-electron chi connectivity index (χ1n) is 8.31. The number of aromatic hydroxyl groups is 1. The number of carbonyl (C=O) groups is 2. The van der Waals surface area contributed by atoms with E-state index in [4.69, 9.17) is 14.6 Å². The SMILES string of the molecule is COc1ccc([C@H](OC(=O)Nc2ccc(Br)cc2)[C@@H](C)/C=C/C(=O)O)cc1O. The van der Waals surface area contributed by atoms with Crippen LogP contribution in [0.3, 0.4) is 0 Å². The molecule has 0 saturated carbocycles. The van der Waals surface area contributed by atoms with E-state index in [1.165, 1.54) is 19.3 Å². The molecule has 0 fully saturated rings. The molecule has 148 valence electrons. The molecule has 0 unspecified atom stereocenters. The maximum atomic E-state index is 12.4. The number of carboxylic acids is 1. The molecule has 0 aliphatic heterocycles. The molecule has 8 heteroatoms. The van der Waals surface area contributed by atoms with E-state index in [0.717, 1.165) is 10.5 Å². The zero-order valence-electron chi connectivity index (χ0n) is 15.3. The van der Waals surface area contributed by atoms with Crippen LogP contribution in [-0.4, -0.2) is 29.4 Å². The largest absolute Gasteiger partial charge is 0.504 e. The van der Waals surface area contributed by atoms with Gasteiger partial charge in [0.1, 0.15) is 6.10 Å². The average Bonchev–Trinajstić information content (AvgIpc) is 2.66. The van der Waals surface area contributed by atoms with Crippen LogP contribution in [0.1, 0.15) is 18.6 Å². The summed E-state index contributed by atoms with van der Waals surface area (Å²) >= 11 is 3.32. The summed E-state index contributed by atoms with van der Waals surface area (Å²) in [6, 6.07) is 11.5. The van der Waals surface area contributed by atoms with Crippen molar-refractivity contribution in [2.45, 2.75) is 13.0 Å². The van der Waals surface area contributed by atoms with Gasteiger partial charge in [-0.25, -0.2) is 9.59 Å². The van der Waals surface area contributed by atoms with Gasteiger partial charge in [0.2, 0.25) is 0 Å². The number of amides is 1. The smallest absolute Gasteiger partial charge is 0.412 e. The first-order chi connectivity index (χ1) is 13.3. The lowest BCUT2D eigenvalue weighted by atomic mass is 9.96. The normalized spacial score (nSPS) is 13.0. The van der Waals surface area contributed by atoms with E-state index in [1.807, 2.05) is 0 Å². The Labute approximate surface area is 170 Å². The zero-order valence-corrected chi connectivity index (χ0v) is 16.8. The number of aliphatic carboxylic acids is 1. The molecular weight excluding hydrogens is 430 g/mol. The summed E-state index contributed by atoms with van der Waals surface area (Å²) in [6.07, 6.45) is 0.860. The number of phenolic OH excluding ortho intramolecular Hbond substituents is 1. The molecule has 0 aliphatic rings. The minimum atomic E-state index is -1.11. The molecule has 2 aromatic rings. The van der Waals surface area contributed by atoms with Crippen LogP contribution in [0.15, 0.2) is 59.1 Å². The Morgan fingerprint density at radius 1 is 1.18 bits per heavy atom. The van der Waals surface area contributed by atoms with Crippen molar-refractivity contribution in [1.82, 2.24) is 0 Å². The molecule has 0 spiro atoms. The lowest BCUT2D eigenvalue weighted by Gasteiger charge is -2.23. The minimum absolute atomic E-state index is 0.115. The second-order valence-corrected chi connectivity index (χ2v) is 6.86. The van der Waals surface area contributed by atoms with Crippen molar-refractivity contribution in [2.75, 3.05) is 12.4 Å². The fourth-order valence-electron chi connectivity index (χ4n) is 2.49. The second-order valence-electron chi connectivity index (χ2n) is 5.95. The molecule has 1 amide bonds. The van der Waals surface area contributed by atoms with Crippen molar-refractivity contribution in [3.05, 3.63) is 64.7 Å². The highest BCUT2D eigenvalue weighted by molar-refractivity contribution is 9.10. The predicted octanol–water partition coefficient (Wildman–Crippen LogP) is 4.73. The van der Waals surface area contributed by atoms with E-state index >= 15 is 0 Å². The lowest BCUT2D eigenvalue weighted by molar-refractivity contribution is -0.131. The van der Waals surface area contributed by atoms with E-state index < -0.39 is 24.1 Å². The summed E-state index contributed by atoms with van der Waals surface area (Å²) in [6.45, 7) is 1.71. The molecule has 0 aliphatic carbocycles. The summed E-state index contributed by atoms with van der Waals surface area (Å²) in [7, 11) is 1.42. The molecule has 7 nitrogen and oxygen atoms in total. The van der Waals surface area contributed by atoms with Crippen LogP contribution in [0.4, 0.5) is 10.5 Å². The molecular formula is C20H20BrNO6. The number of carboxylic acid groups (broad SMARTS) is 1. The topological polar surface area (TPSA) is 105 Å². The van der Waals surface area contributed by atoms with Crippen molar-refractivity contribution in [3.63, 3.8) is 0 Å². The van der Waals surface area contributed by atoms with Gasteiger partial charge < -0.3 is 19.7 Å². The minimum Gasteiger partial charge on any atom is -0.504 e. The maximum Gasteiger partial charge on any atom is 0.412 e. The van der Waals surface area contributed by atoms with Crippen LogP contribution in [0, 0.1) is 5.92 Å². The number of anilines is 1. The first-order valence-corrected chi connectivity index (χ1v) is 9.10. The van der Waals surface area contributed by atoms with Gasteiger partial charge in [-0.1, -0.05) is 35.0 Å². The monoisotopic (exact) mass is 449 g/mol. The Kier molecular flexibility index (Phi) is 7.45. The van der Waals surface area contributed by atoms with Crippen molar-refractivity contribution >= 4 is 33.7 Å². The van der Waals surface area contributed by atoms with Crippen LogP contribution >= 0.6 is 15.9 Å². The molecule has 2 atom stereocenters. The number of carbonyl (C=O) groups excluding carboxylic acids is 1. The van der Waals surface area contributed by atoms with E-state index in [2.05, 4.69) is 21.2 Å². The summed E-state index contributed by atoms with van der Waals surface area (Å²) < 4.78 is 11.4. The van der Waals surface area contributed by atoms with E-state index in [-0.39, 0.29) is 11.5 Å². The number of halogens is 1. The molecule has 3 N–H and O–H groups in total. The average molecular weight is 450 g/mol. The van der Waals surface area contributed by atoms with Crippen molar-refractivity contribution in [2.24, 2.45) is 5.92 Å². The van der Waals surface area contributed by atoms with Gasteiger partial charge in [-0.3, -0.25) is 5.32 Å². The van der Waals surface area contributed by atoms with Gasteiger partial charge >= 0.3 is 12.1 Å². The van der Waals surface area contributed by atoms with Crippen molar-refractivity contribution in [3.8, 4) is 11.5 Å².